The van der Waals surface area contributed by atoms with Crippen LogP contribution in [0.1, 0.15) is 39.8 Å². The second-order valence-corrected chi connectivity index (χ2v) is 10.7. The average Bonchev–Trinajstić information content (AvgIpc) is 3.51. The minimum atomic E-state index is -1.87. The number of hydrogen-bond acceptors (Lipinski definition) is 5. The van der Waals surface area contributed by atoms with E-state index in [0.29, 0.717) is 16.6 Å². The van der Waals surface area contributed by atoms with E-state index < -0.39 is 24.0 Å². The maximum absolute atomic E-state index is 12.9. The highest BCUT2D eigenvalue weighted by Gasteiger charge is 2.38. The van der Waals surface area contributed by atoms with Gasteiger partial charge in [0.25, 0.3) is 11.8 Å². The van der Waals surface area contributed by atoms with Crippen molar-refractivity contribution in [2.75, 3.05) is 6.54 Å². The summed E-state index contributed by atoms with van der Waals surface area (Å²) in [5.41, 5.74) is 1.95. The number of likely N-dealkylation sites (tertiary alicyclic amines) is 1. The van der Waals surface area contributed by atoms with Gasteiger partial charge in [-0.1, -0.05) is 47.5 Å². The number of thiophene rings is 1. The van der Waals surface area contributed by atoms with Crippen molar-refractivity contribution < 1.29 is 19.8 Å². The van der Waals surface area contributed by atoms with Crippen LogP contribution in [0.25, 0.3) is 0 Å². The number of hydrogen-bond donors (Lipinski definition) is 3. The monoisotopic (exact) mass is 532 g/mol. The summed E-state index contributed by atoms with van der Waals surface area (Å²) in [6.07, 6.45) is -1.52. The zero-order chi connectivity index (χ0) is 24.9. The highest BCUT2D eigenvalue weighted by Crippen LogP contribution is 2.33. The van der Waals surface area contributed by atoms with Crippen molar-refractivity contribution in [2.24, 2.45) is 0 Å². The number of benzene rings is 2. The van der Waals surface area contributed by atoms with E-state index in [0.717, 1.165) is 40.1 Å². The molecule has 0 saturated carbocycles. The molecule has 6 nitrogen and oxygen atoms in total. The van der Waals surface area contributed by atoms with Gasteiger partial charge in [-0.3, -0.25) is 9.59 Å². The molecule has 3 aromatic rings. The number of nitrogens with zero attached hydrogens (tertiary/aromatic N) is 1. The van der Waals surface area contributed by atoms with E-state index in [4.69, 9.17) is 23.2 Å². The summed E-state index contributed by atoms with van der Waals surface area (Å²) >= 11 is 13.7. The van der Waals surface area contributed by atoms with Gasteiger partial charge in [0.1, 0.15) is 0 Å². The van der Waals surface area contributed by atoms with E-state index in [-0.39, 0.29) is 12.6 Å². The largest absolute Gasteiger partial charge is 0.380 e. The number of aliphatic hydroxyl groups is 2. The number of aliphatic hydroxyl groups excluding tert-OH is 2. The topological polar surface area (TPSA) is 89.9 Å². The first kappa shape index (κ1) is 25.7. The summed E-state index contributed by atoms with van der Waals surface area (Å²) in [6, 6.07) is 18.5. The third-order valence-corrected chi connectivity index (χ3v) is 7.57. The molecule has 1 fully saturated rings. The van der Waals surface area contributed by atoms with Gasteiger partial charge in [0.2, 0.25) is 0 Å². The van der Waals surface area contributed by atoms with Gasteiger partial charge < -0.3 is 20.4 Å². The molecule has 0 radical (unpaired) electrons. The Labute approximate surface area is 218 Å². The molecule has 1 unspecified atom stereocenters. The summed E-state index contributed by atoms with van der Waals surface area (Å²) in [5.74, 6) is -1.47. The lowest BCUT2D eigenvalue weighted by molar-refractivity contribution is -0.153. The van der Waals surface area contributed by atoms with E-state index in [2.05, 4.69) is 5.32 Å². The van der Waals surface area contributed by atoms with Crippen molar-refractivity contribution in [3.8, 4) is 0 Å². The van der Waals surface area contributed by atoms with E-state index in [9.17, 15) is 19.8 Å². The highest BCUT2D eigenvalue weighted by atomic mass is 35.5. The SMILES string of the molecule is O=C(NCc1ccc(Cc2cccc(Cl)c2)s1)[C@H](O)[C@@H](O)C(=O)N1CCCC1c1cccc(Cl)c1. The molecular formula is C26H26Cl2N2O4S. The van der Waals surface area contributed by atoms with Crippen LogP contribution >= 0.6 is 34.5 Å². The Kier molecular flexibility index (Phi) is 8.46. The third kappa shape index (κ3) is 6.42. The van der Waals surface area contributed by atoms with Gasteiger partial charge in [0.15, 0.2) is 12.2 Å². The zero-order valence-corrected chi connectivity index (χ0v) is 21.2. The van der Waals surface area contributed by atoms with Gasteiger partial charge in [-0.2, -0.15) is 0 Å². The van der Waals surface area contributed by atoms with Crippen molar-refractivity contribution in [3.05, 3.63) is 91.6 Å². The van der Waals surface area contributed by atoms with Gasteiger partial charge in [0.05, 0.1) is 12.6 Å². The standard InChI is InChI=1S/C26H26Cl2N2O4S/c27-18-6-1-4-16(12-18)13-20-9-10-21(35-20)15-29-25(33)23(31)24(32)26(34)30-11-3-8-22(30)17-5-2-7-19(28)14-17/h1-2,4-7,9-10,12,14,22-24,31-32H,3,8,11,13,15H2,(H,29,33)/t22?,23-,24-/m1/s1. The van der Waals surface area contributed by atoms with Crippen molar-refractivity contribution in [1.82, 2.24) is 10.2 Å². The molecule has 2 heterocycles. The van der Waals surface area contributed by atoms with Gasteiger partial charge in [-0.15, -0.1) is 11.3 Å². The summed E-state index contributed by atoms with van der Waals surface area (Å²) in [6.45, 7) is 0.623. The second kappa shape index (κ2) is 11.5. The van der Waals surface area contributed by atoms with Gasteiger partial charge in [-0.05, 0) is 60.4 Å². The maximum Gasteiger partial charge on any atom is 0.255 e. The molecule has 0 aliphatic carbocycles. The first-order valence-corrected chi connectivity index (χ1v) is 12.9. The maximum atomic E-state index is 12.9. The fourth-order valence-electron chi connectivity index (χ4n) is 4.28. The molecule has 4 rings (SSSR count). The van der Waals surface area contributed by atoms with Crippen molar-refractivity contribution >= 4 is 46.4 Å². The third-order valence-electron chi connectivity index (χ3n) is 6.01. The Hall–Kier alpha value is -2.42. The predicted molar refractivity (Wildman–Crippen MR) is 138 cm³/mol. The van der Waals surface area contributed by atoms with Crippen LogP contribution in [0.4, 0.5) is 0 Å². The number of halogens is 2. The summed E-state index contributed by atoms with van der Waals surface area (Å²) in [5, 5.41) is 24.7. The number of amides is 2. The van der Waals surface area contributed by atoms with E-state index in [1.54, 1.807) is 12.1 Å². The lowest BCUT2D eigenvalue weighted by Gasteiger charge is -2.28. The number of carbonyl (C=O) groups is 2. The highest BCUT2D eigenvalue weighted by molar-refractivity contribution is 7.12. The molecule has 3 N–H and O–H groups in total. The van der Waals surface area contributed by atoms with E-state index in [1.165, 1.54) is 16.2 Å². The normalized spacial score (nSPS) is 17.3. The van der Waals surface area contributed by atoms with Gasteiger partial charge in [-0.25, -0.2) is 0 Å². The lowest BCUT2D eigenvalue weighted by atomic mass is 10.0. The number of rotatable bonds is 8. The van der Waals surface area contributed by atoms with Crippen molar-refractivity contribution in [1.29, 1.82) is 0 Å². The second-order valence-electron chi connectivity index (χ2n) is 8.53. The molecule has 2 aromatic carbocycles. The summed E-state index contributed by atoms with van der Waals surface area (Å²) in [7, 11) is 0. The van der Waals surface area contributed by atoms with E-state index >= 15 is 0 Å². The molecule has 0 spiro atoms. The lowest BCUT2D eigenvalue weighted by Crippen LogP contribution is -2.50. The number of carbonyl (C=O) groups excluding carboxylic acids is 2. The molecule has 0 bridgehead atoms. The van der Waals surface area contributed by atoms with Crippen LogP contribution in [0.5, 0.6) is 0 Å². The van der Waals surface area contributed by atoms with Crippen LogP contribution in [0.2, 0.25) is 10.0 Å². The molecule has 1 saturated heterocycles. The smallest absolute Gasteiger partial charge is 0.255 e. The quantitative estimate of drug-likeness (QED) is 0.402. The molecule has 3 atom stereocenters. The van der Waals surface area contributed by atoms with Crippen LogP contribution in [-0.4, -0.2) is 45.7 Å². The van der Waals surface area contributed by atoms with Crippen LogP contribution in [0, 0.1) is 0 Å². The predicted octanol–water partition coefficient (Wildman–Crippen LogP) is 4.35. The fraction of sp³-hybridized carbons (Fsp3) is 0.308. The minimum Gasteiger partial charge on any atom is -0.380 e. The van der Waals surface area contributed by atoms with Gasteiger partial charge >= 0.3 is 0 Å². The first-order chi connectivity index (χ1) is 16.8. The molecule has 9 heteroatoms. The van der Waals surface area contributed by atoms with Crippen LogP contribution in [0.15, 0.2) is 60.7 Å². The molecule has 1 aliphatic rings. The Morgan fingerprint density at radius 2 is 1.71 bits per heavy atom. The molecule has 2 amide bonds. The fourth-order valence-corrected chi connectivity index (χ4v) is 5.68. The Balaban J connectivity index is 1.32. The molecule has 35 heavy (non-hydrogen) atoms. The van der Waals surface area contributed by atoms with Crippen molar-refractivity contribution in [3.63, 3.8) is 0 Å². The summed E-state index contributed by atoms with van der Waals surface area (Å²) < 4.78 is 0. The Morgan fingerprint density at radius 3 is 2.46 bits per heavy atom. The molecular weight excluding hydrogens is 507 g/mol. The number of nitrogens with one attached hydrogen (secondary N) is 1. The Morgan fingerprint density at radius 1 is 1.00 bits per heavy atom. The minimum absolute atomic E-state index is 0.186. The van der Waals surface area contributed by atoms with Crippen molar-refractivity contribution in [2.45, 2.75) is 44.1 Å². The first-order valence-electron chi connectivity index (χ1n) is 11.3. The summed E-state index contributed by atoms with van der Waals surface area (Å²) in [4.78, 5) is 28.9. The van der Waals surface area contributed by atoms with Gasteiger partial charge in [0, 0.05) is 32.8 Å². The van der Waals surface area contributed by atoms with E-state index in [1.807, 2.05) is 48.5 Å². The molecule has 184 valence electrons. The average molecular weight is 533 g/mol. The Bertz CT molecular complexity index is 1200. The van der Waals surface area contributed by atoms with Crippen LogP contribution < -0.4 is 5.32 Å². The molecule has 1 aliphatic heterocycles. The van der Waals surface area contributed by atoms with Crippen LogP contribution in [-0.2, 0) is 22.6 Å². The van der Waals surface area contributed by atoms with Crippen LogP contribution in [0.3, 0.4) is 0 Å². The zero-order valence-electron chi connectivity index (χ0n) is 18.9. The molecule has 1 aromatic heterocycles.